The van der Waals surface area contributed by atoms with Crippen LogP contribution in [0.5, 0.6) is 0 Å². The molecule has 3 rings (SSSR count). The molecule has 1 aliphatic heterocycles. The van der Waals surface area contributed by atoms with Crippen molar-refractivity contribution in [3.8, 4) is 0 Å². The first-order valence-electron chi connectivity index (χ1n) is 9.38. The van der Waals surface area contributed by atoms with Crippen LogP contribution in [-0.4, -0.2) is 42.5 Å². The maximum Gasteiger partial charge on any atom is 0.319 e. The summed E-state index contributed by atoms with van der Waals surface area (Å²) < 4.78 is 12.9. The minimum absolute atomic E-state index is 0.0152. The molecule has 0 bridgehead atoms. The van der Waals surface area contributed by atoms with E-state index in [-0.39, 0.29) is 29.8 Å². The Kier molecular flexibility index (Phi) is 7.00. The molecule has 1 aliphatic rings. The Balaban J connectivity index is 1.36. The van der Waals surface area contributed by atoms with Crippen LogP contribution in [0.1, 0.15) is 30.7 Å². The fourth-order valence-corrected chi connectivity index (χ4v) is 3.95. The van der Waals surface area contributed by atoms with Gasteiger partial charge in [0.05, 0.1) is 12.6 Å². The Morgan fingerprint density at radius 1 is 1.21 bits per heavy atom. The molecule has 3 N–H and O–H groups in total. The molecule has 1 unspecified atom stereocenters. The second-order valence-electron chi connectivity index (χ2n) is 6.96. The molecule has 1 aromatic carbocycles. The predicted molar refractivity (Wildman–Crippen MR) is 109 cm³/mol. The first-order valence-corrected chi connectivity index (χ1v) is 10.3. The van der Waals surface area contributed by atoms with Crippen LogP contribution in [0, 0.1) is 5.82 Å². The number of anilines is 1. The van der Waals surface area contributed by atoms with E-state index < -0.39 is 0 Å². The molecule has 1 aromatic heterocycles. The average molecular weight is 405 g/mol. The number of carbonyl (C=O) groups excluding carboxylic acids is 2. The van der Waals surface area contributed by atoms with Crippen LogP contribution in [0.4, 0.5) is 14.9 Å². The molecule has 1 fully saturated rings. The summed E-state index contributed by atoms with van der Waals surface area (Å²) in [5, 5.41) is 10.7. The summed E-state index contributed by atoms with van der Waals surface area (Å²) >= 11 is 1.63. The van der Waals surface area contributed by atoms with E-state index in [4.69, 9.17) is 0 Å². The van der Waals surface area contributed by atoms with E-state index in [0.717, 1.165) is 30.8 Å². The van der Waals surface area contributed by atoms with Crippen molar-refractivity contribution in [2.75, 3.05) is 25.0 Å². The predicted octanol–water partition coefficient (Wildman–Crippen LogP) is 3.35. The number of nitrogens with zero attached hydrogens (tertiary/aromatic N) is 1. The molecule has 0 spiro atoms. The third-order valence-electron chi connectivity index (χ3n) is 4.74. The number of hydrogen-bond donors (Lipinski definition) is 3. The van der Waals surface area contributed by atoms with E-state index in [0.29, 0.717) is 12.2 Å². The van der Waals surface area contributed by atoms with Crippen LogP contribution >= 0.6 is 11.3 Å². The number of urea groups is 1. The zero-order valence-corrected chi connectivity index (χ0v) is 16.6. The van der Waals surface area contributed by atoms with Crippen molar-refractivity contribution >= 4 is 29.0 Å². The summed E-state index contributed by atoms with van der Waals surface area (Å²) in [7, 11) is 0. The van der Waals surface area contributed by atoms with E-state index in [1.54, 1.807) is 11.3 Å². The van der Waals surface area contributed by atoms with Gasteiger partial charge in [-0.1, -0.05) is 6.07 Å². The fourth-order valence-electron chi connectivity index (χ4n) is 3.22. The van der Waals surface area contributed by atoms with E-state index in [1.807, 2.05) is 24.4 Å². The summed E-state index contributed by atoms with van der Waals surface area (Å²) in [6, 6.07) is 9.42. The highest BCUT2D eigenvalue weighted by atomic mass is 32.1. The number of piperidine rings is 1. The van der Waals surface area contributed by atoms with Crippen molar-refractivity contribution in [2.45, 2.75) is 31.8 Å². The number of thiophene rings is 1. The van der Waals surface area contributed by atoms with Gasteiger partial charge in [0, 0.05) is 29.7 Å². The lowest BCUT2D eigenvalue weighted by Crippen LogP contribution is -2.48. The Labute approximate surface area is 168 Å². The molecule has 150 valence electrons. The highest BCUT2D eigenvalue weighted by Gasteiger charge is 2.22. The van der Waals surface area contributed by atoms with Crippen molar-refractivity contribution in [1.82, 2.24) is 15.5 Å². The molecule has 1 atom stereocenters. The molecule has 6 nitrogen and oxygen atoms in total. The van der Waals surface area contributed by atoms with Crippen LogP contribution < -0.4 is 16.0 Å². The number of benzene rings is 1. The van der Waals surface area contributed by atoms with Crippen molar-refractivity contribution in [1.29, 1.82) is 0 Å². The lowest BCUT2D eigenvalue weighted by molar-refractivity contribution is -0.123. The number of amides is 3. The van der Waals surface area contributed by atoms with E-state index in [9.17, 15) is 14.0 Å². The number of hydrogen-bond acceptors (Lipinski definition) is 4. The smallest absolute Gasteiger partial charge is 0.319 e. The van der Waals surface area contributed by atoms with Crippen molar-refractivity contribution in [3.63, 3.8) is 0 Å². The number of halogens is 1. The molecule has 1 saturated heterocycles. The summed E-state index contributed by atoms with van der Waals surface area (Å²) in [6.07, 6.45) is 1.56. The van der Waals surface area contributed by atoms with Crippen LogP contribution in [-0.2, 0) is 4.79 Å². The Morgan fingerprint density at radius 2 is 1.93 bits per heavy atom. The summed E-state index contributed by atoms with van der Waals surface area (Å²) in [4.78, 5) is 27.6. The first-order chi connectivity index (χ1) is 13.5. The van der Waals surface area contributed by atoms with Gasteiger partial charge < -0.3 is 16.0 Å². The summed E-state index contributed by atoms with van der Waals surface area (Å²) in [5.74, 6) is -0.325. The lowest BCUT2D eigenvalue weighted by Gasteiger charge is -2.32. The van der Waals surface area contributed by atoms with Gasteiger partial charge in [-0.05, 0) is 55.5 Å². The minimum atomic E-state index is -0.341. The van der Waals surface area contributed by atoms with Gasteiger partial charge in [0.2, 0.25) is 5.91 Å². The monoisotopic (exact) mass is 404 g/mol. The van der Waals surface area contributed by atoms with Gasteiger partial charge in [0.1, 0.15) is 5.82 Å². The van der Waals surface area contributed by atoms with Gasteiger partial charge in [-0.2, -0.15) is 0 Å². The topological polar surface area (TPSA) is 73.5 Å². The van der Waals surface area contributed by atoms with Crippen molar-refractivity contribution < 1.29 is 14.0 Å². The van der Waals surface area contributed by atoms with Gasteiger partial charge in [-0.3, -0.25) is 9.69 Å². The Morgan fingerprint density at radius 3 is 2.57 bits per heavy atom. The molecule has 0 aliphatic carbocycles. The van der Waals surface area contributed by atoms with Gasteiger partial charge in [0.15, 0.2) is 0 Å². The summed E-state index contributed by atoms with van der Waals surface area (Å²) in [5.41, 5.74) is 0.549. The molecule has 3 amide bonds. The molecule has 8 heteroatoms. The highest BCUT2D eigenvalue weighted by molar-refractivity contribution is 7.10. The molecule has 0 radical (unpaired) electrons. The SMILES string of the molecule is CC(NC(=O)CN1CCC(NC(=O)Nc2ccc(F)cc2)CC1)c1cccs1. The van der Waals surface area contributed by atoms with Crippen LogP contribution in [0.3, 0.4) is 0 Å². The van der Waals surface area contributed by atoms with E-state index in [2.05, 4.69) is 20.9 Å². The maximum atomic E-state index is 12.9. The second-order valence-corrected chi connectivity index (χ2v) is 7.94. The zero-order valence-electron chi connectivity index (χ0n) is 15.8. The number of carbonyl (C=O) groups is 2. The van der Waals surface area contributed by atoms with Gasteiger partial charge in [-0.15, -0.1) is 11.3 Å². The first kappa shape index (κ1) is 20.3. The van der Waals surface area contributed by atoms with E-state index >= 15 is 0 Å². The van der Waals surface area contributed by atoms with Crippen molar-refractivity contribution in [3.05, 3.63) is 52.5 Å². The Bertz CT molecular complexity index is 774. The molecule has 28 heavy (non-hydrogen) atoms. The van der Waals surface area contributed by atoms with E-state index in [1.165, 1.54) is 24.3 Å². The van der Waals surface area contributed by atoms with Gasteiger partial charge in [0.25, 0.3) is 0 Å². The lowest BCUT2D eigenvalue weighted by atomic mass is 10.1. The third kappa shape index (κ3) is 6.03. The molecule has 0 saturated carbocycles. The Hall–Kier alpha value is -2.45. The number of nitrogens with one attached hydrogen (secondary N) is 3. The molecular weight excluding hydrogens is 379 g/mol. The van der Waals surface area contributed by atoms with Crippen molar-refractivity contribution in [2.24, 2.45) is 0 Å². The highest BCUT2D eigenvalue weighted by Crippen LogP contribution is 2.18. The van der Waals surface area contributed by atoms with Crippen LogP contribution in [0.25, 0.3) is 0 Å². The van der Waals surface area contributed by atoms with Gasteiger partial charge in [-0.25, -0.2) is 9.18 Å². The molecule has 2 heterocycles. The minimum Gasteiger partial charge on any atom is -0.348 e. The third-order valence-corrected chi connectivity index (χ3v) is 5.79. The van der Waals surface area contributed by atoms with Crippen LogP contribution in [0.2, 0.25) is 0 Å². The molecule has 2 aromatic rings. The standard InChI is InChI=1S/C20H25FN4O2S/c1-14(18-3-2-12-28-18)22-19(26)13-25-10-8-17(9-11-25)24-20(27)23-16-6-4-15(21)5-7-16/h2-7,12,14,17H,8-11,13H2,1H3,(H,22,26)(H2,23,24,27). The second kappa shape index (κ2) is 9.66. The quantitative estimate of drug-likeness (QED) is 0.691. The van der Waals surface area contributed by atoms with Crippen LogP contribution in [0.15, 0.2) is 41.8 Å². The summed E-state index contributed by atoms with van der Waals surface area (Å²) in [6.45, 7) is 3.86. The number of rotatable bonds is 6. The average Bonchev–Trinajstić information content (AvgIpc) is 3.20. The number of likely N-dealkylation sites (tertiary alicyclic amines) is 1. The van der Waals surface area contributed by atoms with Gasteiger partial charge >= 0.3 is 6.03 Å². The fraction of sp³-hybridized carbons (Fsp3) is 0.400. The largest absolute Gasteiger partial charge is 0.348 e. The normalized spacial score (nSPS) is 16.4. The molecular formula is C20H25FN4O2S. The zero-order chi connectivity index (χ0) is 19.9. The maximum absolute atomic E-state index is 12.9.